The molecule has 1 aromatic carbocycles. The molecule has 1 fully saturated rings. The highest BCUT2D eigenvalue weighted by molar-refractivity contribution is 5.39. The number of phenolic OH excluding ortho intramolecular Hbond substituents is 1. The van der Waals surface area contributed by atoms with E-state index in [4.69, 9.17) is 4.74 Å². The fraction of sp³-hybridized carbons (Fsp3) is 0.667. The highest BCUT2D eigenvalue weighted by Crippen LogP contribution is 2.31. The van der Waals surface area contributed by atoms with Crippen molar-refractivity contribution in [3.63, 3.8) is 0 Å². The molecule has 0 saturated carbocycles. The van der Waals surface area contributed by atoms with E-state index in [0.717, 1.165) is 36.7 Å². The van der Waals surface area contributed by atoms with Crippen LogP contribution < -0.4 is 4.74 Å². The molecular weight excluding hydrogens is 262 g/mol. The van der Waals surface area contributed by atoms with Crippen LogP contribution in [0.2, 0.25) is 0 Å². The van der Waals surface area contributed by atoms with Crippen LogP contribution in [0.5, 0.6) is 11.5 Å². The molecular formula is C18H29NO2. The molecule has 1 heterocycles. The molecule has 1 saturated heterocycles. The highest BCUT2D eigenvalue weighted by atomic mass is 16.5. The van der Waals surface area contributed by atoms with Gasteiger partial charge in [0.2, 0.25) is 0 Å². The molecule has 3 unspecified atom stereocenters. The SMILES string of the molecule is CCCOc1ccc(CN2CC(C)CC(C)C2C)c(O)c1. The minimum atomic E-state index is 0.349. The lowest BCUT2D eigenvalue weighted by Gasteiger charge is -2.41. The van der Waals surface area contributed by atoms with Crippen molar-refractivity contribution in [3.8, 4) is 11.5 Å². The number of likely N-dealkylation sites (tertiary alicyclic amines) is 1. The van der Waals surface area contributed by atoms with Crippen molar-refractivity contribution in [1.82, 2.24) is 4.90 Å². The summed E-state index contributed by atoms with van der Waals surface area (Å²) in [4.78, 5) is 2.49. The van der Waals surface area contributed by atoms with Crippen LogP contribution >= 0.6 is 0 Å². The van der Waals surface area contributed by atoms with Crippen LogP contribution in [0, 0.1) is 11.8 Å². The smallest absolute Gasteiger partial charge is 0.123 e. The molecule has 2 rings (SSSR count). The van der Waals surface area contributed by atoms with E-state index in [2.05, 4.69) is 32.6 Å². The Morgan fingerprint density at radius 1 is 1.29 bits per heavy atom. The summed E-state index contributed by atoms with van der Waals surface area (Å²) in [6.45, 7) is 11.6. The van der Waals surface area contributed by atoms with Gasteiger partial charge in [0.05, 0.1) is 6.61 Å². The van der Waals surface area contributed by atoms with Crippen molar-refractivity contribution in [2.75, 3.05) is 13.2 Å². The van der Waals surface area contributed by atoms with Crippen LogP contribution in [0.1, 0.15) is 46.1 Å². The first-order chi connectivity index (χ1) is 10.0. The zero-order valence-corrected chi connectivity index (χ0v) is 13.8. The molecule has 3 nitrogen and oxygen atoms in total. The average Bonchev–Trinajstić information content (AvgIpc) is 2.44. The Balaban J connectivity index is 2.05. The maximum atomic E-state index is 10.2. The molecule has 0 radical (unpaired) electrons. The summed E-state index contributed by atoms with van der Waals surface area (Å²) >= 11 is 0. The Labute approximate surface area is 128 Å². The number of benzene rings is 1. The van der Waals surface area contributed by atoms with E-state index < -0.39 is 0 Å². The quantitative estimate of drug-likeness (QED) is 0.888. The van der Waals surface area contributed by atoms with E-state index in [1.165, 1.54) is 6.42 Å². The zero-order valence-electron chi connectivity index (χ0n) is 13.8. The number of ether oxygens (including phenoxy) is 1. The summed E-state index contributed by atoms with van der Waals surface area (Å²) < 4.78 is 5.56. The normalized spacial score (nSPS) is 26.8. The van der Waals surface area contributed by atoms with E-state index in [1.54, 1.807) is 6.07 Å². The molecule has 0 spiro atoms. The molecule has 1 aromatic rings. The Kier molecular flexibility index (Phi) is 5.51. The topological polar surface area (TPSA) is 32.7 Å². The first kappa shape index (κ1) is 16.2. The maximum Gasteiger partial charge on any atom is 0.123 e. The third-order valence-electron chi connectivity index (χ3n) is 4.62. The van der Waals surface area contributed by atoms with Gasteiger partial charge in [-0.3, -0.25) is 4.90 Å². The van der Waals surface area contributed by atoms with Gasteiger partial charge in [-0.25, -0.2) is 0 Å². The number of hydrogen-bond acceptors (Lipinski definition) is 3. The van der Waals surface area contributed by atoms with Gasteiger partial charge < -0.3 is 9.84 Å². The summed E-state index contributed by atoms with van der Waals surface area (Å²) in [6, 6.07) is 6.27. The van der Waals surface area contributed by atoms with Crippen molar-refractivity contribution >= 4 is 0 Å². The predicted octanol–water partition coefficient (Wildman–Crippen LogP) is 4.05. The van der Waals surface area contributed by atoms with Gasteiger partial charge in [0.1, 0.15) is 11.5 Å². The van der Waals surface area contributed by atoms with E-state index in [1.807, 2.05) is 12.1 Å². The predicted molar refractivity (Wildman–Crippen MR) is 86.7 cm³/mol. The number of rotatable bonds is 5. The van der Waals surface area contributed by atoms with E-state index in [0.29, 0.717) is 24.3 Å². The van der Waals surface area contributed by atoms with Gasteiger partial charge in [-0.15, -0.1) is 0 Å². The number of aromatic hydroxyl groups is 1. The van der Waals surface area contributed by atoms with E-state index in [9.17, 15) is 5.11 Å². The summed E-state index contributed by atoms with van der Waals surface area (Å²) in [7, 11) is 0. The van der Waals surface area contributed by atoms with Gasteiger partial charge in [0.15, 0.2) is 0 Å². The van der Waals surface area contributed by atoms with Crippen LogP contribution in [0.25, 0.3) is 0 Å². The molecule has 0 aliphatic carbocycles. The highest BCUT2D eigenvalue weighted by Gasteiger charge is 2.29. The fourth-order valence-corrected chi connectivity index (χ4v) is 3.25. The summed E-state index contributed by atoms with van der Waals surface area (Å²) in [6.07, 6.45) is 2.27. The van der Waals surface area contributed by atoms with Gasteiger partial charge >= 0.3 is 0 Å². The number of nitrogens with zero attached hydrogens (tertiary/aromatic N) is 1. The van der Waals surface area contributed by atoms with Crippen LogP contribution in [0.3, 0.4) is 0 Å². The Morgan fingerprint density at radius 3 is 2.71 bits per heavy atom. The number of phenols is 1. The lowest BCUT2D eigenvalue weighted by Crippen LogP contribution is -2.45. The Bertz CT molecular complexity index is 461. The third kappa shape index (κ3) is 4.13. The molecule has 21 heavy (non-hydrogen) atoms. The second-order valence-corrected chi connectivity index (χ2v) is 6.63. The van der Waals surface area contributed by atoms with Crippen LogP contribution in [-0.2, 0) is 6.54 Å². The average molecular weight is 291 g/mol. The van der Waals surface area contributed by atoms with Gasteiger partial charge in [-0.1, -0.05) is 26.8 Å². The van der Waals surface area contributed by atoms with Gasteiger partial charge in [0, 0.05) is 30.8 Å². The first-order valence-corrected chi connectivity index (χ1v) is 8.20. The van der Waals surface area contributed by atoms with Gasteiger partial charge in [0.25, 0.3) is 0 Å². The monoisotopic (exact) mass is 291 g/mol. The van der Waals surface area contributed by atoms with Crippen LogP contribution in [-0.4, -0.2) is 29.2 Å². The second-order valence-electron chi connectivity index (χ2n) is 6.63. The van der Waals surface area contributed by atoms with Crippen molar-refractivity contribution in [1.29, 1.82) is 0 Å². The lowest BCUT2D eigenvalue weighted by molar-refractivity contribution is 0.0722. The summed E-state index contributed by atoms with van der Waals surface area (Å²) in [5, 5.41) is 10.2. The summed E-state index contributed by atoms with van der Waals surface area (Å²) in [5.74, 6) is 2.54. The number of hydrogen-bond donors (Lipinski definition) is 1. The molecule has 1 N–H and O–H groups in total. The molecule has 118 valence electrons. The third-order valence-corrected chi connectivity index (χ3v) is 4.62. The maximum absolute atomic E-state index is 10.2. The Hall–Kier alpha value is -1.22. The second kappa shape index (κ2) is 7.17. The lowest BCUT2D eigenvalue weighted by atomic mass is 9.86. The molecule has 3 heteroatoms. The van der Waals surface area contributed by atoms with E-state index in [-0.39, 0.29) is 0 Å². The van der Waals surface area contributed by atoms with Crippen molar-refractivity contribution in [3.05, 3.63) is 23.8 Å². The standard InChI is InChI=1S/C18H29NO2/c1-5-8-21-17-7-6-16(18(20)10-17)12-19-11-13(2)9-14(3)15(19)4/h6-7,10,13-15,20H,5,8-9,11-12H2,1-4H3. The minimum absolute atomic E-state index is 0.349. The molecule has 0 aromatic heterocycles. The molecule has 0 bridgehead atoms. The van der Waals surface area contributed by atoms with Crippen molar-refractivity contribution < 1.29 is 9.84 Å². The fourth-order valence-electron chi connectivity index (χ4n) is 3.25. The molecule has 1 aliphatic heterocycles. The van der Waals surface area contributed by atoms with Gasteiger partial charge in [-0.05, 0) is 37.7 Å². The molecule has 3 atom stereocenters. The minimum Gasteiger partial charge on any atom is -0.507 e. The van der Waals surface area contributed by atoms with Gasteiger partial charge in [-0.2, -0.15) is 0 Å². The van der Waals surface area contributed by atoms with Crippen LogP contribution in [0.15, 0.2) is 18.2 Å². The van der Waals surface area contributed by atoms with E-state index >= 15 is 0 Å². The zero-order chi connectivity index (χ0) is 15.4. The molecule has 0 amide bonds. The van der Waals surface area contributed by atoms with Crippen molar-refractivity contribution in [2.45, 2.75) is 53.1 Å². The Morgan fingerprint density at radius 2 is 2.05 bits per heavy atom. The number of piperidine rings is 1. The van der Waals surface area contributed by atoms with Crippen molar-refractivity contribution in [2.24, 2.45) is 11.8 Å². The first-order valence-electron chi connectivity index (χ1n) is 8.20. The van der Waals surface area contributed by atoms with Crippen LogP contribution in [0.4, 0.5) is 0 Å². The molecule has 1 aliphatic rings. The largest absolute Gasteiger partial charge is 0.507 e. The summed E-state index contributed by atoms with van der Waals surface area (Å²) in [5.41, 5.74) is 0.993.